The number of benzene rings is 1. The zero-order valence-corrected chi connectivity index (χ0v) is 23.0. The lowest BCUT2D eigenvalue weighted by Gasteiger charge is -2.45. The van der Waals surface area contributed by atoms with E-state index in [0.717, 1.165) is 56.9 Å². The first kappa shape index (κ1) is 26.1. The molecule has 0 saturated heterocycles. The Morgan fingerprint density at radius 3 is 2.48 bits per heavy atom. The van der Waals surface area contributed by atoms with Crippen LogP contribution in [0.2, 0.25) is 0 Å². The van der Waals surface area contributed by atoms with Gasteiger partial charge in [-0.1, -0.05) is 25.3 Å². The van der Waals surface area contributed by atoms with Crippen LogP contribution in [0.5, 0.6) is 11.5 Å². The van der Waals surface area contributed by atoms with Gasteiger partial charge in [0.1, 0.15) is 5.82 Å². The van der Waals surface area contributed by atoms with Crippen LogP contribution in [0.15, 0.2) is 58.8 Å². The average molecular weight is 542 g/mol. The third-order valence-corrected chi connectivity index (χ3v) is 8.41. The zero-order valence-electron chi connectivity index (χ0n) is 23.0. The molecule has 40 heavy (non-hydrogen) atoms. The minimum atomic E-state index is -0.458. The van der Waals surface area contributed by atoms with Crippen LogP contribution < -0.4 is 25.2 Å². The Hall–Kier alpha value is -4.14. The summed E-state index contributed by atoms with van der Waals surface area (Å²) in [5.74, 6) is 1.13. The van der Waals surface area contributed by atoms with Crippen molar-refractivity contribution < 1.29 is 14.3 Å². The summed E-state index contributed by atoms with van der Waals surface area (Å²) in [7, 11) is 3.24. The highest BCUT2D eigenvalue weighted by Crippen LogP contribution is 2.50. The first-order valence-electron chi connectivity index (χ1n) is 14.2. The normalized spacial score (nSPS) is 19.1. The molecule has 3 aliphatic rings. The number of fused-ring (bicyclic) bond motifs is 1. The molecule has 9 nitrogen and oxygen atoms in total. The van der Waals surface area contributed by atoms with Gasteiger partial charge in [0.2, 0.25) is 5.82 Å². The van der Waals surface area contributed by atoms with Gasteiger partial charge in [0.25, 0.3) is 11.5 Å². The number of carbonyl (C=O) groups excluding carboxylic acids is 1. The molecule has 1 amide bonds. The maximum Gasteiger partial charge on any atom is 0.291 e. The van der Waals surface area contributed by atoms with Crippen LogP contribution in [0.3, 0.4) is 0 Å². The Kier molecular flexibility index (Phi) is 7.28. The summed E-state index contributed by atoms with van der Waals surface area (Å²) >= 11 is 0. The number of allylic oxidation sites excluding steroid dienone is 2. The molecular weight excluding hydrogens is 506 g/mol. The molecule has 6 rings (SSSR count). The molecule has 2 aliphatic carbocycles. The molecule has 0 bridgehead atoms. The van der Waals surface area contributed by atoms with Crippen molar-refractivity contribution in [1.29, 1.82) is 0 Å². The van der Waals surface area contributed by atoms with E-state index in [2.05, 4.69) is 20.2 Å². The summed E-state index contributed by atoms with van der Waals surface area (Å²) in [6, 6.07) is 9.53. The number of H-pyrrole nitrogens is 1. The van der Waals surface area contributed by atoms with Crippen molar-refractivity contribution in [3.8, 4) is 11.5 Å². The monoisotopic (exact) mass is 541 g/mol. The number of rotatable bonds is 6. The Balaban J connectivity index is 1.53. The molecule has 1 fully saturated rings. The minimum Gasteiger partial charge on any atom is -0.493 e. The number of ether oxygens (including phenoxy) is 2. The smallest absolute Gasteiger partial charge is 0.291 e. The average Bonchev–Trinajstić information content (AvgIpc) is 3.00. The molecule has 208 valence electrons. The SMILES string of the molecule is COc1ccc(C2C3=C(CCCC3)N(C3CCCCC3)c3nc(C(=O)Nc4ccncc4)[nH]c(=O)c32)cc1OC. The van der Waals surface area contributed by atoms with Crippen LogP contribution in [-0.4, -0.2) is 41.1 Å². The molecule has 3 aromatic rings. The van der Waals surface area contributed by atoms with Crippen LogP contribution >= 0.6 is 0 Å². The number of aromatic amines is 1. The van der Waals surface area contributed by atoms with Crippen LogP contribution in [-0.2, 0) is 0 Å². The number of nitrogens with one attached hydrogen (secondary N) is 2. The lowest BCUT2D eigenvalue weighted by Crippen LogP contribution is -2.44. The second-order valence-corrected chi connectivity index (χ2v) is 10.7. The van der Waals surface area contributed by atoms with E-state index in [4.69, 9.17) is 14.5 Å². The molecular formula is C31H35N5O4. The van der Waals surface area contributed by atoms with Crippen LogP contribution in [0.4, 0.5) is 11.5 Å². The summed E-state index contributed by atoms with van der Waals surface area (Å²) in [4.78, 5) is 41.4. The van der Waals surface area contributed by atoms with Gasteiger partial charge in [-0.05, 0) is 73.9 Å². The molecule has 1 unspecified atom stereocenters. The number of hydrogen-bond acceptors (Lipinski definition) is 7. The van der Waals surface area contributed by atoms with Crippen molar-refractivity contribution in [3.05, 3.63) is 81.3 Å². The first-order chi connectivity index (χ1) is 19.6. The standard InChI is InChI=1S/C31H35N5O4/c1-39-24-13-12-19(18-25(24)40-2)26-22-10-6-7-11-23(22)36(21-8-4-3-5-9-21)29-27(26)30(37)35-28(34-29)31(38)33-20-14-16-32-17-15-20/h12-18,21,26H,3-11H2,1-2H3,(H,32,33,38)(H,34,35,37). The van der Waals surface area contributed by atoms with Gasteiger partial charge in [0, 0.05) is 35.7 Å². The van der Waals surface area contributed by atoms with Crippen molar-refractivity contribution >= 4 is 17.4 Å². The number of amides is 1. The number of pyridine rings is 1. The second kappa shape index (κ2) is 11.2. The van der Waals surface area contributed by atoms with Gasteiger partial charge >= 0.3 is 0 Å². The van der Waals surface area contributed by atoms with E-state index >= 15 is 0 Å². The number of hydrogen-bond donors (Lipinski definition) is 2. The number of anilines is 2. The highest BCUT2D eigenvalue weighted by atomic mass is 16.5. The Morgan fingerprint density at radius 2 is 1.73 bits per heavy atom. The first-order valence-corrected chi connectivity index (χ1v) is 14.2. The van der Waals surface area contributed by atoms with E-state index in [-0.39, 0.29) is 23.3 Å². The summed E-state index contributed by atoms with van der Waals surface area (Å²) in [6.45, 7) is 0. The summed E-state index contributed by atoms with van der Waals surface area (Å²) < 4.78 is 11.1. The molecule has 3 heterocycles. The van der Waals surface area contributed by atoms with E-state index < -0.39 is 5.91 Å². The van der Waals surface area contributed by atoms with Crippen LogP contribution in [0.25, 0.3) is 0 Å². The van der Waals surface area contributed by atoms with E-state index in [1.54, 1.807) is 38.7 Å². The highest BCUT2D eigenvalue weighted by molar-refractivity contribution is 6.01. The Labute approximate surface area is 233 Å². The molecule has 2 aromatic heterocycles. The molecule has 0 radical (unpaired) electrons. The second-order valence-electron chi connectivity index (χ2n) is 10.7. The van der Waals surface area contributed by atoms with Gasteiger partial charge in [0.05, 0.1) is 19.8 Å². The topological polar surface area (TPSA) is 109 Å². The van der Waals surface area contributed by atoms with E-state index in [1.807, 2.05) is 18.2 Å². The Bertz CT molecular complexity index is 1490. The molecule has 1 aromatic carbocycles. The fourth-order valence-electron chi connectivity index (χ4n) is 6.58. The molecule has 9 heteroatoms. The van der Waals surface area contributed by atoms with Crippen molar-refractivity contribution in [2.75, 3.05) is 24.4 Å². The van der Waals surface area contributed by atoms with Gasteiger partial charge in [0.15, 0.2) is 11.5 Å². The number of methoxy groups -OCH3 is 2. The van der Waals surface area contributed by atoms with Gasteiger partial charge in [-0.3, -0.25) is 14.6 Å². The van der Waals surface area contributed by atoms with E-state index in [9.17, 15) is 9.59 Å². The van der Waals surface area contributed by atoms with Crippen molar-refractivity contribution in [1.82, 2.24) is 15.0 Å². The number of carbonyl (C=O) groups is 1. The molecule has 1 saturated carbocycles. The largest absolute Gasteiger partial charge is 0.493 e. The molecule has 1 atom stereocenters. The number of aromatic nitrogens is 3. The predicted molar refractivity (Wildman–Crippen MR) is 153 cm³/mol. The maximum absolute atomic E-state index is 14.0. The van der Waals surface area contributed by atoms with Crippen LogP contribution in [0, 0.1) is 0 Å². The maximum atomic E-state index is 14.0. The third-order valence-electron chi connectivity index (χ3n) is 8.41. The molecule has 2 N–H and O–H groups in total. The summed E-state index contributed by atoms with van der Waals surface area (Å²) in [6.07, 6.45) is 12.8. The Morgan fingerprint density at radius 1 is 0.975 bits per heavy atom. The number of nitrogens with zero attached hydrogens (tertiary/aromatic N) is 3. The van der Waals surface area contributed by atoms with Crippen molar-refractivity contribution in [2.24, 2.45) is 0 Å². The van der Waals surface area contributed by atoms with Gasteiger partial charge in [-0.15, -0.1) is 0 Å². The fourth-order valence-corrected chi connectivity index (χ4v) is 6.58. The van der Waals surface area contributed by atoms with E-state index in [1.165, 1.54) is 17.7 Å². The van der Waals surface area contributed by atoms with Gasteiger partial charge in [-0.2, -0.15) is 0 Å². The molecule has 0 spiro atoms. The fraction of sp³-hybridized carbons (Fsp3) is 0.419. The lowest BCUT2D eigenvalue weighted by atomic mass is 9.75. The lowest BCUT2D eigenvalue weighted by molar-refractivity contribution is 0.101. The van der Waals surface area contributed by atoms with E-state index in [0.29, 0.717) is 28.6 Å². The minimum absolute atomic E-state index is 0.00675. The third kappa shape index (κ3) is 4.74. The quantitative estimate of drug-likeness (QED) is 0.421. The summed E-state index contributed by atoms with van der Waals surface area (Å²) in [5, 5.41) is 2.84. The highest BCUT2D eigenvalue weighted by Gasteiger charge is 2.41. The van der Waals surface area contributed by atoms with Gasteiger partial charge in [-0.25, -0.2) is 4.98 Å². The predicted octanol–water partition coefficient (Wildman–Crippen LogP) is 5.55. The van der Waals surface area contributed by atoms with Gasteiger partial charge < -0.3 is 24.7 Å². The molecule has 1 aliphatic heterocycles. The summed E-state index contributed by atoms with van der Waals surface area (Å²) in [5.41, 5.74) is 4.39. The van der Waals surface area contributed by atoms with Crippen molar-refractivity contribution in [3.63, 3.8) is 0 Å². The van der Waals surface area contributed by atoms with Crippen molar-refractivity contribution in [2.45, 2.75) is 69.7 Å². The van der Waals surface area contributed by atoms with Crippen LogP contribution in [0.1, 0.15) is 85.5 Å². The zero-order chi connectivity index (χ0) is 27.6.